The van der Waals surface area contributed by atoms with Crippen LogP contribution >= 0.6 is 0 Å². The maximum absolute atomic E-state index is 14.4. The van der Waals surface area contributed by atoms with Crippen LogP contribution in [0.5, 0.6) is 0 Å². The standard InChI is InChI=1S/C30H34F2N4O2/c1-18(37)35-16-22-10-21(19-5-7-24(38)8-6-19)12-29(27(22)17-35)36-9-3-4-20-11-25(23-14-33-34(2)15-23)26(30(31)32)13-28(20)36/h10-15,19,24,30,38H,3-9,16-17H2,1-2H3. The molecule has 8 heteroatoms. The summed E-state index contributed by atoms with van der Waals surface area (Å²) in [6, 6.07) is 8.08. The normalized spacial score (nSPS) is 21.1. The molecule has 0 saturated heterocycles. The van der Waals surface area contributed by atoms with Crippen LogP contribution in [0.4, 0.5) is 20.2 Å². The molecule has 6 nitrogen and oxygen atoms in total. The molecule has 38 heavy (non-hydrogen) atoms. The molecule has 3 aliphatic rings. The smallest absolute Gasteiger partial charge is 0.264 e. The number of aryl methyl sites for hydroxylation is 2. The summed E-state index contributed by atoms with van der Waals surface area (Å²) < 4.78 is 30.5. The van der Waals surface area contributed by atoms with E-state index in [0.29, 0.717) is 30.1 Å². The number of nitrogens with zero attached hydrogens (tertiary/aromatic N) is 4. The van der Waals surface area contributed by atoms with Gasteiger partial charge < -0.3 is 14.9 Å². The minimum atomic E-state index is -2.61. The number of hydrogen-bond acceptors (Lipinski definition) is 4. The molecule has 3 aromatic rings. The Morgan fingerprint density at radius 3 is 2.53 bits per heavy atom. The number of hydrogen-bond donors (Lipinski definition) is 1. The number of fused-ring (bicyclic) bond motifs is 2. The second kappa shape index (κ2) is 9.80. The minimum absolute atomic E-state index is 0.0167. The summed E-state index contributed by atoms with van der Waals surface area (Å²) in [5.41, 5.74) is 7.66. The van der Waals surface area contributed by atoms with Crippen LogP contribution in [0.15, 0.2) is 36.7 Å². The van der Waals surface area contributed by atoms with Crippen molar-refractivity contribution in [3.8, 4) is 11.1 Å². The summed E-state index contributed by atoms with van der Waals surface area (Å²) in [4.78, 5) is 16.4. The lowest BCUT2D eigenvalue weighted by atomic mass is 9.81. The number of halogens is 2. The van der Waals surface area contributed by atoms with E-state index in [0.717, 1.165) is 73.1 Å². The molecule has 1 aromatic heterocycles. The van der Waals surface area contributed by atoms with E-state index in [2.05, 4.69) is 22.1 Å². The first-order chi connectivity index (χ1) is 18.3. The average molecular weight is 521 g/mol. The number of alkyl halides is 2. The zero-order valence-corrected chi connectivity index (χ0v) is 22.0. The van der Waals surface area contributed by atoms with Crippen molar-refractivity contribution < 1.29 is 18.7 Å². The van der Waals surface area contributed by atoms with E-state index in [9.17, 15) is 18.7 Å². The van der Waals surface area contributed by atoms with Gasteiger partial charge in [-0.15, -0.1) is 0 Å². The van der Waals surface area contributed by atoms with Gasteiger partial charge in [0.2, 0.25) is 5.91 Å². The second-order valence-electron chi connectivity index (χ2n) is 11.1. The number of aliphatic hydroxyl groups is 1. The van der Waals surface area contributed by atoms with Gasteiger partial charge in [0.1, 0.15) is 0 Å². The third-order valence-electron chi connectivity index (χ3n) is 8.58. The molecule has 1 N–H and O–H groups in total. The molecule has 6 rings (SSSR count). The zero-order valence-electron chi connectivity index (χ0n) is 22.0. The predicted molar refractivity (Wildman–Crippen MR) is 143 cm³/mol. The van der Waals surface area contributed by atoms with Crippen LogP contribution in [-0.4, -0.2) is 38.3 Å². The van der Waals surface area contributed by atoms with Crippen LogP contribution in [0.3, 0.4) is 0 Å². The number of aliphatic hydroxyl groups excluding tert-OH is 1. The molecule has 3 heterocycles. The number of benzene rings is 2. The lowest BCUT2D eigenvalue weighted by Gasteiger charge is -2.35. The van der Waals surface area contributed by atoms with E-state index in [1.165, 1.54) is 5.56 Å². The summed E-state index contributed by atoms with van der Waals surface area (Å²) in [6.07, 6.45) is 5.75. The van der Waals surface area contributed by atoms with Crippen LogP contribution < -0.4 is 4.90 Å². The molecule has 0 atom stereocenters. The SMILES string of the molecule is CC(=O)N1Cc2cc(C3CCC(O)CC3)cc(N3CCCc4cc(-c5cnn(C)c5)c(C(F)F)cc43)c2C1. The van der Waals surface area contributed by atoms with Crippen molar-refractivity contribution in [2.24, 2.45) is 7.05 Å². The zero-order chi connectivity index (χ0) is 26.6. The maximum atomic E-state index is 14.4. The second-order valence-corrected chi connectivity index (χ2v) is 11.1. The van der Waals surface area contributed by atoms with Crippen molar-refractivity contribution in [2.45, 2.75) is 77.0 Å². The predicted octanol–water partition coefficient (Wildman–Crippen LogP) is 5.99. The number of anilines is 2. The first-order valence-electron chi connectivity index (χ1n) is 13.6. The van der Waals surface area contributed by atoms with E-state index in [1.54, 1.807) is 37.1 Å². The summed E-state index contributed by atoms with van der Waals surface area (Å²) in [7, 11) is 1.79. The molecule has 2 aliphatic heterocycles. The number of amides is 1. The molecule has 1 fully saturated rings. The Labute approximate surface area is 221 Å². The summed E-state index contributed by atoms with van der Waals surface area (Å²) >= 11 is 0. The highest BCUT2D eigenvalue weighted by Crippen LogP contribution is 2.45. The lowest BCUT2D eigenvalue weighted by molar-refractivity contribution is -0.129. The van der Waals surface area contributed by atoms with E-state index in [-0.39, 0.29) is 17.6 Å². The Morgan fingerprint density at radius 2 is 1.84 bits per heavy atom. The quantitative estimate of drug-likeness (QED) is 0.459. The molecular weight excluding hydrogens is 486 g/mol. The molecule has 1 aliphatic carbocycles. The average Bonchev–Trinajstić information content (AvgIpc) is 3.54. The molecule has 0 unspecified atom stereocenters. The Morgan fingerprint density at radius 1 is 1.05 bits per heavy atom. The first kappa shape index (κ1) is 25.0. The van der Waals surface area contributed by atoms with Crippen LogP contribution in [0.2, 0.25) is 0 Å². The van der Waals surface area contributed by atoms with Crippen LogP contribution in [-0.2, 0) is 31.4 Å². The fourth-order valence-corrected chi connectivity index (χ4v) is 6.51. The summed E-state index contributed by atoms with van der Waals surface area (Å²) in [5, 5.41) is 14.3. The van der Waals surface area contributed by atoms with Crippen molar-refractivity contribution >= 4 is 17.3 Å². The van der Waals surface area contributed by atoms with Gasteiger partial charge >= 0.3 is 0 Å². The number of carbonyl (C=O) groups excluding carboxylic acids is 1. The lowest BCUT2D eigenvalue weighted by Crippen LogP contribution is -2.27. The Bertz CT molecular complexity index is 1380. The number of aromatic nitrogens is 2. The Kier molecular flexibility index (Phi) is 6.46. The Hall–Kier alpha value is -3.26. The van der Waals surface area contributed by atoms with Crippen LogP contribution in [0.1, 0.15) is 79.2 Å². The van der Waals surface area contributed by atoms with Gasteiger partial charge in [0.25, 0.3) is 6.43 Å². The van der Waals surface area contributed by atoms with E-state index in [4.69, 9.17) is 0 Å². The number of carbonyl (C=O) groups is 1. The van der Waals surface area contributed by atoms with Gasteiger partial charge in [-0.3, -0.25) is 9.48 Å². The van der Waals surface area contributed by atoms with Gasteiger partial charge in [0.05, 0.1) is 12.3 Å². The third-order valence-corrected chi connectivity index (χ3v) is 8.58. The number of rotatable bonds is 4. The van der Waals surface area contributed by atoms with Gasteiger partial charge in [-0.25, -0.2) is 8.78 Å². The van der Waals surface area contributed by atoms with Gasteiger partial charge in [-0.2, -0.15) is 5.10 Å². The largest absolute Gasteiger partial charge is 0.393 e. The fraction of sp³-hybridized carbons (Fsp3) is 0.467. The maximum Gasteiger partial charge on any atom is 0.264 e. The highest BCUT2D eigenvalue weighted by Gasteiger charge is 2.32. The van der Waals surface area contributed by atoms with Gasteiger partial charge in [0, 0.05) is 67.9 Å². The van der Waals surface area contributed by atoms with Crippen LogP contribution in [0, 0.1) is 0 Å². The van der Waals surface area contributed by atoms with Gasteiger partial charge in [-0.05, 0) is 84.9 Å². The van der Waals surface area contributed by atoms with Crippen molar-refractivity contribution in [3.63, 3.8) is 0 Å². The molecule has 2 aromatic carbocycles. The molecular formula is C30H34F2N4O2. The van der Waals surface area contributed by atoms with Crippen LogP contribution in [0.25, 0.3) is 11.1 Å². The van der Waals surface area contributed by atoms with Crippen molar-refractivity contribution in [1.29, 1.82) is 0 Å². The molecule has 200 valence electrons. The summed E-state index contributed by atoms with van der Waals surface area (Å²) in [5.74, 6) is 0.386. The highest BCUT2D eigenvalue weighted by atomic mass is 19.3. The van der Waals surface area contributed by atoms with E-state index < -0.39 is 6.43 Å². The van der Waals surface area contributed by atoms with Crippen molar-refractivity contribution in [1.82, 2.24) is 14.7 Å². The first-order valence-corrected chi connectivity index (χ1v) is 13.6. The molecule has 1 amide bonds. The molecule has 0 radical (unpaired) electrons. The Balaban J connectivity index is 1.47. The molecule has 0 spiro atoms. The van der Waals surface area contributed by atoms with E-state index in [1.807, 2.05) is 11.0 Å². The van der Waals surface area contributed by atoms with Crippen molar-refractivity contribution in [3.05, 3.63) is 64.5 Å². The third kappa shape index (κ3) is 4.49. The topological polar surface area (TPSA) is 61.6 Å². The minimum Gasteiger partial charge on any atom is -0.393 e. The fourth-order valence-electron chi connectivity index (χ4n) is 6.51. The molecule has 0 bridgehead atoms. The molecule has 1 saturated carbocycles. The van der Waals surface area contributed by atoms with Gasteiger partial charge in [-0.1, -0.05) is 6.07 Å². The monoisotopic (exact) mass is 520 g/mol. The highest BCUT2D eigenvalue weighted by molar-refractivity contribution is 5.80. The van der Waals surface area contributed by atoms with E-state index >= 15 is 0 Å². The summed E-state index contributed by atoms with van der Waals surface area (Å²) in [6.45, 7) is 3.44. The van der Waals surface area contributed by atoms with Gasteiger partial charge in [0.15, 0.2) is 0 Å². The van der Waals surface area contributed by atoms with Crippen molar-refractivity contribution in [2.75, 3.05) is 11.4 Å².